The lowest BCUT2D eigenvalue weighted by Crippen LogP contribution is -2.43. The SMILES string of the molecule is CC(C)(C)[C@H]1CC[C@H](Oc2ccc3cc(CN4CCCC[C@@H]4C(=O)O)ccc3c2)CC1. The number of nitrogens with zero attached hydrogens (tertiary/aromatic N) is 1. The van der Waals surface area contributed by atoms with Gasteiger partial charge in [0.05, 0.1) is 6.10 Å². The van der Waals surface area contributed by atoms with Crippen molar-refractivity contribution in [1.82, 2.24) is 4.90 Å². The molecule has 0 unspecified atom stereocenters. The fraction of sp³-hybridized carbons (Fsp3) is 0.593. The van der Waals surface area contributed by atoms with Crippen LogP contribution in [0.1, 0.15) is 71.3 Å². The van der Waals surface area contributed by atoms with Gasteiger partial charge in [-0.3, -0.25) is 9.69 Å². The molecule has 31 heavy (non-hydrogen) atoms. The van der Waals surface area contributed by atoms with Crippen molar-refractivity contribution < 1.29 is 14.6 Å². The lowest BCUT2D eigenvalue weighted by atomic mass is 9.72. The van der Waals surface area contributed by atoms with Gasteiger partial charge in [-0.05, 0) is 90.9 Å². The van der Waals surface area contributed by atoms with Crippen LogP contribution in [0.2, 0.25) is 0 Å². The number of hydrogen-bond donors (Lipinski definition) is 1. The second-order valence-corrected chi connectivity index (χ2v) is 10.6. The van der Waals surface area contributed by atoms with Crippen LogP contribution < -0.4 is 4.74 Å². The van der Waals surface area contributed by atoms with E-state index in [1.165, 1.54) is 29.2 Å². The molecule has 1 N–H and O–H groups in total. The number of piperidine rings is 1. The molecule has 0 spiro atoms. The van der Waals surface area contributed by atoms with Crippen molar-refractivity contribution in [2.75, 3.05) is 6.54 Å². The summed E-state index contributed by atoms with van der Waals surface area (Å²) >= 11 is 0. The van der Waals surface area contributed by atoms with Crippen LogP contribution in [0.15, 0.2) is 36.4 Å². The highest BCUT2D eigenvalue weighted by molar-refractivity contribution is 5.84. The quantitative estimate of drug-likeness (QED) is 0.616. The van der Waals surface area contributed by atoms with E-state index in [1.807, 2.05) is 0 Å². The van der Waals surface area contributed by atoms with Crippen LogP contribution in [0.3, 0.4) is 0 Å². The van der Waals surface area contributed by atoms with Gasteiger partial charge in [-0.1, -0.05) is 45.4 Å². The molecule has 1 heterocycles. The Bertz CT molecular complexity index is 908. The molecule has 4 heteroatoms. The fourth-order valence-electron chi connectivity index (χ4n) is 5.38. The summed E-state index contributed by atoms with van der Waals surface area (Å²) in [5, 5.41) is 11.9. The maximum absolute atomic E-state index is 11.6. The molecule has 2 aromatic rings. The van der Waals surface area contributed by atoms with Gasteiger partial charge in [0.1, 0.15) is 11.8 Å². The minimum atomic E-state index is -0.696. The van der Waals surface area contributed by atoms with Crippen molar-refractivity contribution in [2.24, 2.45) is 11.3 Å². The van der Waals surface area contributed by atoms with Crippen LogP contribution in [0, 0.1) is 11.3 Å². The topological polar surface area (TPSA) is 49.8 Å². The summed E-state index contributed by atoms with van der Waals surface area (Å²) in [6.07, 6.45) is 7.93. The van der Waals surface area contributed by atoms with Crippen molar-refractivity contribution in [3.05, 3.63) is 42.0 Å². The Hall–Kier alpha value is -2.07. The fourth-order valence-corrected chi connectivity index (χ4v) is 5.38. The Balaban J connectivity index is 1.40. The Morgan fingerprint density at radius 1 is 1.00 bits per heavy atom. The number of benzene rings is 2. The summed E-state index contributed by atoms with van der Waals surface area (Å²) in [6, 6.07) is 12.5. The minimum absolute atomic E-state index is 0.322. The molecule has 168 valence electrons. The molecule has 1 aliphatic heterocycles. The van der Waals surface area contributed by atoms with Crippen molar-refractivity contribution in [3.63, 3.8) is 0 Å². The van der Waals surface area contributed by atoms with Gasteiger partial charge in [-0.2, -0.15) is 0 Å². The monoisotopic (exact) mass is 423 g/mol. The van der Waals surface area contributed by atoms with Crippen LogP contribution in [0.5, 0.6) is 5.75 Å². The van der Waals surface area contributed by atoms with Gasteiger partial charge in [0.15, 0.2) is 0 Å². The molecule has 1 saturated carbocycles. The smallest absolute Gasteiger partial charge is 0.320 e. The molecule has 2 aromatic carbocycles. The lowest BCUT2D eigenvalue weighted by molar-refractivity contribution is -0.144. The first-order chi connectivity index (χ1) is 14.8. The largest absolute Gasteiger partial charge is 0.490 e. The van der Waals surface area contributed by atoms with Crippen LogP contribution >= 0.6 is 0 Å². The second kappa shape index (κ2) is 9.20. The summed E-state index contributed by atoms with van der Waals surface area (Å²) in [4.78, 5) is 13.7. The normalized spacial score (nSPS) is 25.5. The molecule has 1 atom stereocenters. The van der Waals surface area contributed by atoms with Gasteiger partial charge >= 0.3 is 5.97 Å². The molecule has 4 nitrogen and oxygen atoms in total. The van der Waals surface area contributed by atoms with Gasteiger partial charge in [0.25, 0.3) is 0 Å². The van der Waals surface area contributed by atoms with E-state index < -0.39 is 5.97 Å². The lowest BCUT2D eigenvalue weighted by Gasteiger charge is -2.37. The van der Waals surface area contributed by atoms with E-state index in [0.717, 1.165) is 50.3 Å². The van der Waals surface area contributed by atoms with E-state index in [9.17, 15) is 9.90 Å². The Morgan fingerprint density at radius 3 is 2.42 bits per heavy atom. The van der Waals surface area contributed by atoms with Crippen LogP contribution in [0.4, 0.5) is 0 Å². The molecule has 2 fully saturated rings. The van der Waals surface area contributed by atoms with E-state index in [-0.39, 0.29) is 6.04 Å². The number of ether oxygens (including phenoxy) is 1. The second-order valence-electron chi connectivity index (χ2n) is 10.6. The van der Waals surface area contributed by atoms with E-state index in [4.69, 9.17) is 4.74 Å². The van der Waals surface area contributed by atoms with Gasteiger partial charge < -0.3 is 9.84 Å². The van der Waals surface area contributed by atoms with Gasteiger partial charge in [0, 0.05) is 6.54 Å². The Morgan fingerprint density at radius 2 is 1.71 bits per heavy atom. The van der Waals surface area contributed by atoms with Crippen molar-refractivity contribution in [3.8, 4) is 5.75 Å². The number of hydrogen-bond acceptors (Lipinski definition) is 3. The molecule has 4 rings (SSSR count). The summed E-state index contributed by atoms with van der Waals surface area (Å²) in [5.74, 6) is 1.06. The highest BCUT2D eigenvalue weighted by atomic mass is 16.5. The van der Waals surface area contributed by atoms with E-state index in [0.29, 0.717) is 18.1 Å². The Labute approximate surface area is 186 Å². The highest BCUT2D eigenvalue weighted by Crippen LogP contribution is 2.39. The first-order valence-electron chi connectivity index (χ1n) is 12.0. The third-order valence-electron chi connectivity index (χ3n) is 7.36. The summed E-state index contributed by atoms with van der Waals surface area (Å²) in [7, 11) is 0. The maximum Gasteiger partial charge on any atom is 0.320 e. The van der Waals surface area contributed by atoms with Gasteiger partial charge in [-0.25, -0.2) is 0 Å². The molecule has 1 aliphatic carbocycles. The maximum atomic E-state index is 11.6. The number of carboxylic acids is 1. The third-order valence-corrected chi connectivity index (χ3v) is 7.36. The third kappa shape index (κ3) is 5.41. The van der Waals surface area contributed by atoms with Crippen molar-refractivity contribution >= 4 is 16.7 Å². The van der Waals surface area contributed by atoms with Gasteiger partial charge in [0.2, 0.25) is 0 Å². The standard InChI is InChI=1S/C27H37NO3/c1-27(2,3)22-10-13-23(14-11-22)31-24-12-9-20-16-19(7-8-21(20)17-24)18-28-15-5-4-6-25(28)26(29)30/h7-9,12,16-17,22-23,25H,4-6,10-11,13-15,18H2,1-3H3,(H,29,30)/t22-,23-,25-/m1/s1. The zero-order valence-electron chi connectivity index (χ0n) is 19.3. The molecule has 0 radical (unpaired) electrons. The number of carboxylic acid groups (broad SMARTS) is 1. The number of aliphatic carboxylic acids is 1. The summed E-state index contributed by atoms with van der Waals surface area (Å²) in [5.41, 5.74) is 1.57. The van der Waals surface area contributed by atoms with Crippen molar-refractivity contribution in [1.29, 1.82) is 0 Å². The van der Waals surface area contributed by atoms with Crippen LogP contribution in [-0.4, -0.2) is 34.7 Å². The molecular formula is C27H37NO3. The average molecular weight is 424 g/mol. The van der Waals surface area contributed by atoms with Crippen LogP contribution in [0.25, 0.3) is 10.8 Å². The first kappa shape index (κ1) is 22.1. The molecule has 1 saturated heterocycles. The summed E-state index contributed by atoms with van der Waals surface area (Å²) < 4.78 is 6.34. The zero-order chi connectivity index (χ0) is 22.0. The molecular weight excluding hydrogens is 386 g/mol. The average Bonchev–Trinajstić information content (AvgIpc) is 2.74. The molecule has 0 aromatic heterocycles. The van der Waals surface area contributed by atoms with E-state index >= 15 is 0 Å². The Kier molecular flexibility index (Phi) is 6.57. The number of rotatable bonds is 5. The predicted octanol–water partition coefficient (Wildman–Crippen LogP) is 6.26. The van der Waals surface area contributed by atoms with Crippen molar-refractivity contribution in [2.45, 2.75) is 84.4 Å². The predicted molar refractivity (Wildman–Crippen MR) is 125 cm³/mol. The molecule has 2 aliphatic rings. The number of fused-ring (bicyclic) bond motifs is 1. The number of likely N-dealkylation sites (tertiary alicyclic amines) is 1. The summed E-state index contributed by atoms with van der Waals surface area (Å²) in [6.45, 7) is 8.61. The minimum Gasteiger partial charge on any atom is -0.490 e. The zero-order valence-corrected chi connectivity index (χ0v) is 19.3. The molecule has 0 amide bonds. The van der Waals surface area contributed by atoms with E-state index in [2.05, 4.69) is 62.1 Å². The van der Waals surface area contributed by atoms with Crippen LogP contribution in [-0.2, 0) is 11.3 Å². The highest BCUT2D eigenvalue weighted by Gasteiger charge is 2.30. The number of carbonyl (C=O) groups is 1. The molecule has 0 bridgehead atoms. The van der Waals surface area contributed by atoms with Gasteiger partial charge in [-0.15, -0.1) is 0 Å². The van der Waals surface area contributed by atoms with E-state index in [1.54, 1.807) is 0 Å². The first-order valence-corrected chi connectivity index (χ1v) is 12.0.